The second kappa shape index (κ2) is 7.87. The number of nitrogens with zero attached hydrogens (tertiary/aromatic N) is 5. The topological polar surface area (TPSA) is 91.5 Å². The molecule has 1 fully saturated rings. The molecule has 0 unspecified atom stereocenters. The molecule has 2 heterocycles. The van der Waals surface area contributed by atoms with Gasteiger partial charge in [-0.05, 0) is 18.2 Å². The number of aryl methyl sites for hydroxylation is 1. The van der Waals surface area contributed by atoms with E-state index in [-0.39, 0.29) is 17.2 Å². The van der Waals surface area contributed by atoms with Crippen molar-refractivity contribution in [2.24, 2.45) is 7.05 Å². The summed E-state index contributed by atoms with van der Waals surface area (Å²) in [7, 11) is 3.13. The number of rotatable bonds is 3. The zero-order chi connectivity index (χ0) is 21.3. The lowest BCUT2D eigenvalue weighted by molar-refractivity contribution is 0.0740. The maximum atomic E-state index is 13.2. The summed E-state index contributed by atoms with van der Waals surface area (Å²) in [4.78, 5) is 29.4. The zero-order valence-electron chi connectivity index (χ0n) is 16.8. The van der Waals surface area contributed by atoms with Crippen molar-refractivity contribution < 1.29 is 9.53 Å². The molecule has 1 amide bonds. The van der Waals surface area contributed by atoms with Crippen molar-refractivity contribution in [3.8, 4) is 11.8 Å². The number of benzene rings is 2. The molecule has 3 aromatic rings. The van der Waals surface area contributed by atoms with Crippen molar-refractivity contribution in [2.75, 3.05) is 38.2 Å². The molecule has 0 aliphatic carbocycles. The summed E-state index contributed by atoms with van der Waals surface area (Å²) in [5, 5.41) is 14.5. The number of aromatic nitrogens is 2. The van der Waals surface area contributed by atoms with Crippen molar-refractivity contribution in [3.63, 3.8) is 0 Å². The molecule has 152 valence electrons. The van der Waals surface area contributed by atoms with Crippen LogP contribution in [-0.2, 0) is 7.05 Å². The fraction of sp³-hybridized carbons (Fsp3) is 0.273. The molecule has 8 heteroatoms. The number of fused-ring (bicyclic) bond motifs is 1. The van der Waals surface area contributed by atoms with Gasteiger partial charge in [0.15, 0.2) is 5.69 Å². The number of hydrogen-bond acceptors (Lipinski definition) is 6. The number of amides is 1. The molecule has 8 nitrogen and oxygen atoms in total. The molecule has 0 N–H and O–H groups in total. The minimum absolute atomic E-state index is 0.190. The molecule has 1 aromatic heterocycles. The third-order valence-corrected chi connectivity index (χ3v) is 5.35. The van der Waals surface area contributed by atoms with Crippen LogP contribution in [0.4, 0.5) is 5.69 Å². The third-order valence-electron chi connectivity index (χ3n) is 5.35. The Bertz CT molecular complexity index is 1220. The molecule has 1 aliphatic rings. The molecule has 0 bridgehead atoms. The Morgan fingerprint density at radius 3 is 2.47 bits per heavy atom. The molecule has 0 atom stereocenters. The summed E-state index contributed by atoms with van der Waals surface area (Å²) in [5.41, 5.74) is 1.49. The Morgan fingerprint density at radius 2 is 1.80 bits per heavy atom. The van der Waals surface area contributed by atoms with Gasteiger partial charge in [-0.15, -0.1) is 0 Å². The summed E-state index contributed by atoms with van der Waals surface area (Å²) in [5.74, 6) is 0.438. The van der Waals surface area contributed by atoms with Gasteiger partial charge in [-0.1, -0.05) is 18.2 Å². The van der Waals surface area contributed by atoms with Gasteiger partial charge in [-0.3, -0.25) is 9.59 Å². The lowest BCUT2D eigenvalue weighted by Crippen LogP contribution is -2.49. The first kappa shape index (κ1) is 19.5. The third kappa shape index (κ3) is 3.46. The van der Waals surface area contributed by atoms with E-state index in [2.05, 4.69) is 16.1 Å². The maximum absolute atomic E-state index is 13.2. The van der Waals surface area contributed by atoms with Crippen LogP contribution >= 0.6 is 0 Å². The minimum Gasteiger partial charge on any atom is -0.497 e. The summed E-state index contributed by atoms with van der Waals surface area (Å²) in [6.45, 7) is 2.26. The van der Waals surface area contributed by atoms with Crippen molar-refractivity contribution >= 4 is 22.4 Å². The number of ether oxygens (including phenoxy) is 1. The standard InChI is InChI=1S/C22H21N5O3/c1-25-21(28)19-6-4-3-5-18(19)20(24-25)22(29)27-9-7-26(8-10-27)16-11-15(14-23)12-17(13-16)30-2/h3-6,11-13H,7-10H2,1-2H3. The van der Waals surface area contributed by atoms with Gasteiger partial charge in [0.25, 0.3) is 11.5 Å². The highest BCUT2D eigenvalue weighted by molar-refractivity contribution is 6.04. The van der Waals surface area contributed by atoms with Gasteiger partial charge in [0.05, 0.1) is 24.1 Å². The monoisotopic (exact) mass is 403 g/mol. The van der Waals surface area contributed by atoms with Gasteiger partial charge in [-0.25, -0.2) is 4.68 Å². The van der Waals surface area contributed by atoms with Crippen molar-refractivity contribution in [1.29, 1.82) is 5.26 Å². The number of carbonyl (C=O) groups excluding carboxylic acids is 1. The highest BCUT2D eigenvalue weighted by atomic mass is 16.5. The van der Waals surface area contributed by atoms with Crippen LogP contribution in [-0.4, -0.2) is 53.9 Å². The molecule has 0 spiro atoms. The molecule has 30 heavy (non-hydrogen) atoms. The smallest absolute Gasteiger partial charge is 0.275 e. The van der Waals surface area contributed by atoms with Crippen LogP contribution in [0.3, 0.4) is 0 Å². The SMILES string of the molecule is COc1cc(C#N)cc(N2CCN(C(=O)c3nn(C)c(=O)c4ccccc34)CC2)c1. The second-order valence-corrected chi connectivity index (χ2v) is 7.13. The Kier molecular flexibility index (Phi) is 5.11. The minimum atomic E-state index is -0.224. The Hall–Kier alpha value is -3.86. The first-order valence-corrected chi connectivity index (χ1v) is 9.61. The lowest BCUT2D eigenvalue weighted by Gasteiger charge is -2.36. The molecule has 0 radical (unpaired) electrons. The van der Waals surface area contributed by atoms with E-state index in [4.69, 9.17) is 4.74 Å². The number of anilines is 1. The van der Waals surface area contributed by atoms with E-state index < -0.39 is 0 Å². The van der Waals surface area contributed by atoms with Crippen LogP contribution in [0.1, 0.15) is 16.1 Å². The zero-order valence-corrected chi connectivity index (χ0v) is 16.8. The van der Waals surface area contributed by atoms with E-state index >= 15 is 0 Å². The summed E-state index contributed by atoms with van der Waals surface area (Å²) >= 11 is 0. The predicted octanol–water partition coefficient (Wildman–Crippen LogP) is 1.78. The van der Waals surface area contributed by atoms with E-state index in [1.54, 1.807) is 49.4 Å². The molecule has 4 rings (SSSR count). The summed E-state index contributed by atoms with van der Waals surface area (Å²) < 4.78 is 6.50. The van der Waals surface area contributed by atoms with Crippen LogP contribution in [0.2, 0.25) is 0 Å². The van der Waals surface area contributed by atoms with Crippen molar-refractivity contribution in [3.05, 3.63) is 64.1 Å². The lowest BCUT2D eigenvalue weighted by atomic mass is 10.1. The molecule has 1 aliphatic heterocycles. The first-order chi connectivity index (χ1) is 14.5. The number of nitriles is 1. The van der Waals surface area contributed by atoms with E-state index in [9.17, 15) is 14.9 Å². The van der Waals surface area contributed by atoms with Gasteiger partial charge >= 0.3 is 0 Å². The number of hydrogen-bond donors (Lipinski definition) is 0. The highest BCUT2D eigenvalue weighted by Gasteiger charge is 2.26. The molecular formula is C22H21N5O3. The predicted molar refractivity (Wildman–Crippen MR) is 113 cm³/mol. The number of piperazine rings is 1. The first-order valence-electron chi connectivity index (χ1n) is 9.61. The Labute approximate surface area is 173 Å². The van der Waals surface area contributed by atoms with E-state index in [1.165, 1.54) is 4.68 Å². The normalized spacial score (nSPS) is 13.9. The van der Waals surface area contributed by atoms with Gasteiger partial charge in [-0.2, -0.15) is 10.4 Å². The van der Waals surface area contributed by atoms with Crippen LogP contribution in [0.5, 0.6) is 5.75 Å². The van der Waals surface area contributed by atoms with Gasteiger partial charge in [0.2, 0.25) is 0 Å². The number of methoxy groups -OCH3 is 1. The van der Waals surface area contributed by atoms with E-state index in [1.807, 2.05) is 12.1 Å². The van der Waals surface area contributed by atoms with Crippen LogP contribution in [0.15, 0.2) is 47.3 Å². The fourth-order valence-electron chi connectivity index (χ4n) is 3.72. The van der Waals surface area contributed by atoms with Crippen LogP contribution < -0.4 is 15.2 Å². The average Bonchev–Trinajstić information content (AvgIpc) is 2.80. The van der Waals surface area contributed by atoms with Crippen LogP contribution in [0, 0.1) is 11.3 Å². The van der Waals surface area contributed by atoms with Crippen molar-refractivity contribution in [2.45, 2.75) is 0 Å². The number of carbonyl (C=O) groups is 1. The van der Waals surface area contributed by atoms with E-state index in [0.717, 1.165) is 5.69 Å². The fourth-order valence-corrected chi connectivity index (χ4v) is 3.72. The average molecular weight is 403 g/mol. The van der Waals surface area contributed by atoms with Gasteiger partial charge in [0.1, 0.15) is 5.75 Å². The molecule has 2 aromatic carbocycles. The second-order valence-electron chi connectivity index (χ2n) is 7.13. The quantitative estimate of drug-likeness (QED) is 0.662. The highest BCUT2D eigenvalue weighted by Crippen LogP contribution is 2.25. The molecular weight excluding hydrogens is 382 g/mol. The largest absolute Gasteiger partial charge is 0.497 e. The Morgan fingerprint density at radius 1 is 1.10 bits per heavy atom. The van der Waals surface area contributed by atoms with Crippen LogP contribution in [0.25, 0.3) is 10.8 Å². The molecule has 1 saturated heterocycles. The summed E-state index contributed by atoms with van der Waals surface area (Å²) in [6, 6.07) is 14.6. The summed E-state index contributed by atoms with van der Waals surface area (Å²) in [6.07, 6.45) is 0. The van der Waals surface area contributed by atoms with Gasteiger partial charge < -0.3 is 14.5 Å². The molecule has 0 saturated carbocycles. The van der Waals surface area contributed by atoms with Crippen molar-refractivity contribution in [1.82, 2.24) is 14.7 Å². The maximum Gasteiger partial charge on any atom is 0.275 e. The van der Waals surface area contributed by atoms with Gasteiger partial charge in [0, 0.05) is 50.4 Å². The van der Waals surface area contributed by atoms with E-state index in [0.29, 0.717) is 48.3 Å². The Balaban J connectivity index is 1.56.